The van der Waals surface area contributed by atoms with Gasteiger partial charge in [-0.3, -0.25) is 9.59 Å². The number of aromatic nitrogens is 1. The lowest BCUT2D eigenvalue weighted by Gasteiger charge is -2.29. The number of likely N-dealkylation sites (tertiary alicyclic amines) is 1. The first-order valence-corrected chi connectivity index (χ1v) is 7.23. The fourth-order valence-electron chi connectivity index (χ4n) is 2.71. The number of hydrogen-bond donors (Lipinski definition) is 2. The maximum Gasteiger partial charge on any atom is 0.306 e. The van der Waals surface area contributed by atoms with Crippen molar-refractivity contribution in [1.29, 1.82) is 0 Å². The molecule has 6 heteroatoms. The van der Waals surface area contributed by atoms with E-state index in [1.165, 1.54) is 0 Å². The minimum atomic E-state index is -0.776. The molecule has 0 aliphatic carbocycles. The van der Waals surface area contributed by atoms with Crippen molar-refractivity contribution in [2.45, 2.75) is 12.8 Å². The molecule has 1 aromatic heterocycles. The van der Waals surface area contributed by atoms with Gasteiger partial charge in [0.1, 0.15) is 5.69 Å². The number of benzene rings is 1. The fourth-order valence-corrected chi connectivity index (χ4v) is 2.89. The van der Waals surface area contributed by atoms with Crippen LogP contribution >= 0.6 is 11.6 Å². The topological polar surface area (TPSA) is 73.4 Å². The number of aliphatic carboxylic acids is 1. The highest BCUT2D eigenvalue weighted by Gasteiger charge is 2.28. The van der Waals surface area contributed by atoms with Gasteiger partial charge in [0.05, 0.1) is 5.92 Å². The van der Waals surface area contributed by atoms with Crippen LogP contribution in [0.25, 0.3) is 10.9 Å². The van der Waals surface area contributed by atoms with Crippen LogP contribution in [0.5, 0.6) is 0 Å². The number of carboxylic acid groups (broad SMARTS) is 1. The fraction of sp³-hybridized carbons (Fsp3) is 0.333. The number of rotatable bonds is 2. The van der Waals surface area contributed by atoms with E-state index in [4.69, 9.17) is 16.7 Å². The highest BCUT2D eigenvalue weighted by atomic mass is 35.5. The zero-order valence-electron chi connectivity index (χ0n) is 11.3. The van der Waals surface area contributed by atoms with Crippen molar-refractivity contribution in [3.05, 3.63) is 35.0 Å². The molecular weight excluding hydrogens is 292 g/mol. The zero-order chi connectivity index (χ0) is 15.0. The molecule has 0 saturated carbocycles. The van der Waals surface area contributed by atoms with Crippen LogP contribution in [-0.4, -0.2) is 40.0 Å². The molecule has 1 aromatic carbocycles. The minimum absolute atomic E-state index is 0.0915. The summed E-state index contributed by atoms with van der Waals surface area (Å²) in [5, 5.41) is 10.5. The first-order chi connectivity index (χ1) is 10.0. The quantitative estimate of drug-likeness (QED) is 0.896. The Morgan fingerprint density at radius 1 is 1.24 bits per heavy atom. The molecule has 2 heterocycles. The number of fused-ring (bicyclic) bond motifs is 1. The second kappa shape index (κ2) is 5.41. The van der Waals surface area contributed by atoms with Crippen LogP contribution in [0.4, 0.5) is 0 Å². The van der Waals surface area contributed by atoms with Crippen molar-refractivity contribution >= 4 is 34.4 Å². The van der Waals surface area contributed by atoms with Gasteiger partial charge in [0.25, 0.3) is 5.91 Å². The molecular formula is C15H15ClN2O3. The molecule has 2 N–H and O–H groups in total. The summed E-state index contributed by atoms with van der Waals surface area (Å²) < 4.78 is 0. The van der Waals surface area contributed by atoms with Crippen LogP contribution < -0.4 is 0 Å². The van der Waals surface area contributed by atoms with E-state index in [2.05, 4.69) is 4.98 Å². The van der Waals surface area contributed by atoms with Gasteiger partial charge >= 0.3 is 5.97 Å². The van der Waals surface area contributed by atoms with Gasteiger partial charge in [-0.1, -0.05) is 17.7 Å². The highest BCUT2D eigenvalue weighted by molar-refractivity contribution is 6.31. The number of halogens is 1. The van der Waals surface area contributed by atoms with E-state index < -0.39 is 5.97 Å². The smallest absolute Gasteiger partial charge is 0.306 e. The monoisotopic (exact) mass is 306 g/mol. The second-order valence-electron chi connectivity index (χ2n) is 5.32. The Labute approximate surface area is 126 Å². The molecule has 2 aromatic rings. The Morgan fingerprint density at radius 2 is 1.95 bits per heavy atom. The van der Waals surface area contributed by atoms with Gasteiger partial charge in [0.2, 0.25) is 0 Å². The Bertz CT molecular complexity index is 702. The summed E-state index contributed by atoms with van der Waals surface area (Å²) in [4.78, 5) is 28.1. The van der Waals surface area contributed by atoms with Gasteiger partial charge in [-0.2, -0.15) is 0 Å². The number of carbonyl (C=O) groups excluding carboxylic acids is 1. The van der Waals surface area contributed by atoms with Crippen molar-refractivity contribution in [1.82, 2.24) is 9.88 Å². The number of piperidine rings is 1. The first-order valence-electron chi connectivity index (χ1n) is 6.85. The average molecular weight is 307 g/mol. The second-order valence-corrected chi connectivity index (χ2v) is 5.76. The van der Waals surface area contributed by atoms with E-state index >= 15 is 0 Å². The molecule has 0 radical (unpaired) electrons. The Hall–Kier alpha value is -2.01. The van der Waals surface area contributed by atoms with Gasteiger partial charge in [0.15, 0.2) is 0 Å². The molecule has 0 spiro atoms. The average Bonchev–Trinajstić information content (AvgIpc) is 2.89. The number of aromatic amines is 1. The predicted octanol–water partition coefficient (Wildman–Crippen LogP) is 2.76. The van der Waals surface area contributed by atoms with Crippen molar-refractivity contribution in [2.75, 3.05) is 13.1 Å². The number of carboxylic acids is 1. The summed E-state index contributed by atoms with van der Waals surface area (Å²) >= 11 is 5.93. The van der Waals surface area contributed by atoms with Crippen molar-refractivity contribution < 1.29 is 14.7 Å². The number of carbonyl (C=O) groups is 2. The van der Waals surface area contributed by atoms with Crippen molar-refractivity contribution in [3.8, 4) is 0 Å². The summed E-state index contributed by atoms with van der Waals surface area (Å²) in [6.07, 6.45) is 1.01. The number of nitrogens with one attached hydrogen (secondary N) is 1. The molecule has 1 amide bonds. The number of H-pyrrole nitrogens is 1. The molecule has 5 nitrogen and oxygen atoms in total. The predicted molar refractivity (Wildman–Crippen MR) is 79.6 cm³/mol. The van der Waals surface area contributed by atoms with Crippen LogP contribution in [0.15, 0.2) is 24.3 Å². The standard InChI is InChI=1S/C15H15ClN2O3/c16-11-2-1-10-7-13(17-12(10)8-11)14(19)18-5-3-9(4-6-18)15(20)21/h1-2,7-9,17H,3-6H2,(H,20,21). The normalized spacial score (nSPS) is 16.3. The maximum absolute atomic E-state index is 12.4. The molecule has 1 aliphatic heterocycles. The SMILES string of the molecule is O=C(O)C1CCN(C(=O)c2cc3ccc(Cl)cc3[nH]2)CC1. The highest BCUT2D eigenvalue weighted by Crippen LogP contribution is 2.23. The number of nitrogens with zero attached hydrogens (tertiary/aromatic N) is 1. The molecule has 1 saturated heterocycles. The molecule has 21 heavy (non-hydrogen) atoms. The van der Waals surface area contributed by atoms with Gasteiger partial charge in [-0.25, -0.2) is 0 Å². The van der Waals surface area contributed by atoms with Crippen LogP contribution in [0.2, 0.25) is 5.02 Å². The minimum Gasteiger partial charge on any atom is -0.481 e. The third-order valence-electron chi connectivity index (χ3n) is 3.95. The van der Waals surface area contributed by atoms with E-state index in [0.717, 1.165) is 10.9 Å². The van der Waals surface area contributed by atoms with E-state index in [0.29, 0.717) is 36.6 Å². The lowest BCUT2D eigenvalue weighted by Crippen LogP contribution is -2.40. The van der Waals surface area contributed by atoms with Crippen LogP contribution in [0.3, 0.4) is 0 Å². The van der Waals surface area contributed by atoms with Crippen LogP contribution in [-0.2, 0) is 4.79 Å². The van der Waals surface area contributed by atoms with Crippen LogP contribution in [0, 0.1) is 5.92 Å². The molecule has 3 rings (SSSR count). The Kier molecular flexibility index (Phi) is 3.59. The first kappa shape index (κ1) is 13.9. The van der Waals surface area contributed by atoms with E-state index in [9.17, 15) is 9.59 Å². The van der Waals surface area contributed by atoms with Crippen LogP contribution in [0.1, 0.15) is 23.3 Å². The van der Waals surface area contributed by atoms with E-state index in [1.807, 2.05) is 6.07 Å². The van der Waals surface area contributed by atoms with Crippen molar-refractivity contribution in [3.63, 3.8) is 0 Å². The molecule has 0 bridgehead atoms. The van der Waals surface area contributed by atoms with Gasteiger partial charge in [-0.15, -0.1) is 0 Å². The molecule has 1 fully saturated rings. The zero-order valence-corrected chi connectivity index (χ0v) is 12.1. The van der Waals surface area contributed by atoms with Gasteiger partial charge < -0.3 is 15.0 Å². The summed E-state index contributed by atoms with van der Waals surface area (Å²) in [7, 11) is 0. The number of hydrogen-bond acceptors (Lipinski definition) is 2. The maximum atomic E-state index is 12.4. The Balaban J connectivity index is 1.76. The van der Waals surface area contributed by atoms with E-state index in [1.54, 1.807) is 23.1 Å². The molecule has 1 aliphatic rings. The summed E-state index contributed by atoms with van der Waals surface area (Å²) in [5.41, 5.74) is 1.34. The summed E-state index contributed by atoms with van der Waals surface area (Å²) in [6, 6.07) is 7.23. The van der Waals surface area contributed by atoms with E-state index in [-0.39, 0.29) is 11.8 Å². The van der Waals surface area contributed by atoms with Gasteiger partial charge in [-0.05, 0) is 31.0 Å². The Morgan fingerprint density at radius 3 is 2.62 bits per heavy atom. The summed E-state index contributed by atoms with van der Waals surface area (Å²) in [5.74, 6) is -1.20. The largest absolute Gasteiger partial charge is 0.481 e. The third-order valence-corrected chi connectivity index (χ3v) is 4.18. The lowest BCUT2D eigenvalue weighted by atomic mass is 9.97. The lowest BCUT2D eigenvalue weighted by molar-refractivity contribution is -0.143. The molecule has 0 unspecified atom stereocenters. The van der Waals surface area contributed by atoms with Crippen molar-refractivity contribution in [2.24, 2.45) is 5.92 Å². The summed E-state index contributed by atoms with van der Waals surface area (Å²) in [6.45, 7) is 0.956. The number of amides is 1. The molecule has 0 atom stereocenters. The molecule has 110 valence electrons. The third kappa shape index (κ3) is 2.74. The van der Waals surface area contributed by atoms with Gasteiger partial charge in [0, 0.05) is 29.0 Å².